The van der Waals surface area contributed by atoms with Gasteiger partial charge in [-0.15, -0.1) is 0 Å². The molecule has 0 atom stereocenters. The molecule has 0 radical (unpaired) electrons. The van der Waals surface area contributed by atoms with E-state index in [2.05, 4.69) is 107 Å². The summed E-state index contributed by atoms with van der Waals surface area (Å²) in [7, 11) is -2.21. The Kier molecular flexibility index (Phi) is 5.11. The second-order valence-electron chi connectivity index (χ2n) is 5.68. The zero-order chi connectivity index (χ0) is 16.1. The Balaban J connectivity index is 1.91. The number of halogens is 1. The van der Waals surface area contributed by atoms with E-state index in [0.29, 0.717) is 6.61 Å². The molecule has 0 bridgehead atoms. The summed E-state index contributed by atoms with van der Waals surface area (Å²) >= 11 is 3.48. The van der Waals surface area contributed by atoms with Crippen molar-refractivity contribution in [2.45, 2.75) is 13.2 Å². The molecule has 0 aliphatic heterocycles. The van der Waals surface area contributed by atoms with Crippen LogP contribution in [0.25, 0.3) is 0 Å². The van der Waals surface area contributed by atoms with Crippen molar-refractivity contribution in [3.63, 3.8) is 0 Å². The van der Waals surface area contributed by atoms with Gasteiger partial charge in [0.2, 0.25) is 0 Å². The normalized spacial score (nSPS) is 11.4. The second-order valence-corrected chi connectivity index (χ2v) is 10.1. The van der Waals surface area contributed by atoms with Crippen LogP contribution in [0.5, 0.6) is 0 Å². The molecule has 1 nitrogen and oxygen atoms in total. The van der Waals surface area contributed by atoms with Crippen LogP contribution >= 0.6 is 15.9 Å². The molecule has 23 heavy (non-hydrogen) atoms. The molecule has 0 aliphatic carbocycles. The molecule has 0 aromatic heterocycles. The van der Waals surface area contributed by atoms with E-state index < -0.39 is 8.32 Å². The molecule has 116 valence electrons. The minimum absolute atomic E-state index is 0.625. The van der Waals surface area contributed by atoms with Gasteiger partial charge in [-0.1, -0.05) is 88.7 Å². The van der Waals surface area contributed by atoms with E-state index >= 15 is 0 Å². The summed E-state index contributed by atoms with van der Waals surface area (Å²) in [5.74, 6) is 0. The van der Waals surface area contributed by atoms with E-state index in [9.17, 15) is 0 Å². The highest BCUT2D eigenvalue weighted by Crippen LogP contribution is 2.14. The minimum Gasteiger partial charge on any atom is -0.404 e. The third kappa shape index (κ3) is 3.81. The van der Waals surface area contributed by atoms with Gasteiger partial charge in [-0.05, 0) is 34.6 Å². The fraction of sp³-hybridized carbons (Fsp3) is 0.100. The molecule has 3 aromatic rings. The monoisotopic (exact) mass is 382 g/mol. The Morgan fingerprint density at radius 2 is 1.22 bits per heavy atom. The Labute approximate surface area is 147 Å². The van der Waals surface area contributed by atoms with Crippen LogP contribution in [0.2, 0.25) is 6.55 Å². The van der Waals surface area contributed by atoms with Crippen LogP contribution in [-0.2, 0) is 11.0 Å². The first-order valence-electron chi connectivity index (χ1n) is 7.68. The summed E-state index contributed by atoms with van der Waals surface area (Å²) in [4.78, 5) is 0. The van der Waals surface area contributed by atoms with E-state index in [1.165, 1.54) is 15.9 Å². The smallest absolute Gasteiger partial charge is 0.253 e. The zero-order valence-corrected chi connectivity index (χ0v) is 15.7. The van der Waals surface area contributed by atoms with Gasteiger partial charge in [-0.25, -0.2) is 0 Å². The van der Waals surface area contributed by atoms with Crippen molar-refractivity contribution in [3.8, 4) is 0 Å². The molecule has 0 unspecified atom stereocenters. The van der Waals surface area contributed by atoms with Gasteiger partial charge >= 0.3 is 0 Å². The molecule has 0 aliphatic rings. The van der Waals surface area contributed by atoms with E-state index in [1.807, 2.05) is 0 Å². The summed E-state index contributed by atoms with van der Waals surface area (Å²) in [6.45, 7) is 2.90. The molecule has 0 spiro atoms. The maximum atomic E-state index is 6.55. The highest BCUT2D eigenvalue weighted by Gasteiger charge is 2.33. The summed E-state index contributed by atoms with van der Waals surface area (Å²) in [6.07, 6.45) is 0. The van der Waals surface area contributed by atoms with Crippen LogP contribution in [0.3, 0.4) is 0 Å². The summed E-state index contributed by atoms with van der Waals surface area (Å²) in [6, 6.07) is 29.5. The lowest BCUT2D eigenvalue weighted by Gasteiger charge is -2.28. The lowest BCUT2D eigenvalue weighted by molar-refractivity contribution is 0.308. The Hall–Kier alpha value is -1.68. The summed E-state index contributed by atoms with van der Waals surface area (Å²) < 4.78 is 7.64. The predicted molar refractivity (Wildman–Crippen MR) is 103 cm³/mol. The second kappa shape index (κ2) is 7.26. The molecule has 0 saturated carbocycles. The SMILES string of the molecule is C[Si](OCc1ccc(Br)cc1)(c1ccccc1)c1ccccc1. The topological polar surface area (TPSA) is 9.23 Å². The van der Waals surface area contributed by atoms with Crippen LogP contribution in [0, 0.1) is 0 Å². The molecule has 3 rings (SSSR count). The largest absolute Gasteiger partial charge is 0.404 e. The standard InChI is InChI=1S/C20H19BrOSi/c1-23(19-8-4-2-5-9-19,20-10-6-3-7-11-20)22-16-17-12-14-18(21)15-13-17/h2-15H,16H2,1H3. The molecule has 3 aromatic carbocycles. The predicted octanol–water partition coefficient (Wildman–Crippen LogP) is 4.36. The van der Waals surface area contributed by atoms with Crippen LogP contribution in [0.15, 0.2) is 89.4 Å². The zero-order valence-electron chi connectivity index (χ0n) is 13.1. The van der Waals surface area contributed by atoms with Gasteiger partial charge in [-0.3, -0.25) is 0 Å². The molecule has 0 fully saturated rings. The van der Waals surface area contributed by atoms with Crippen molar-refractivity contribution in [1.29, 1.82) is 0 Å². The number of benzene rings is 3. The number of rotatable bonds is 5. The van der Waals surface area contributed by atoms with Crippen LogP contribution in [0.1, 0.15) is 5.56 Å². The molecule has 0 amide bonds. The highest BCUT2D eigenvalue weighted by atomic mass is 79.9. The lowest BCUT2D eigenvalue weighted by Crippen LogP contribution is -2.58. The molecular weight excluding hydrogens is 364 g/mol. The average Bonchev–Trinajstić information content (AvgIpc) is 2.62. The first kappa shape index (κ1) is 16.2. The lowest BCUT2D eigenvalue weighted by atomic mass is 10.2. The van der Waals surface area contributed by atoms with Crippen molar-refractivity contribution in [2.75, 3.05) is 0 Å². The van der Waals surface area contributed by atoms with Crippen molar-refractivity contribution in [2.24, 2.45) is 0 Å². The fourth-order valence-electron chi connectivity index (χ4n) is 2.65. The molecule has 3 heteroatoms. The third-order valence-corrected chi connectivity index (χ3v) is 8.21. The first-order valence-corrected chi connectivity index (χ1v) is 10.9. The van der Waals surface area contributed by atoms with Gasteiger partial charge in [0, 0.05) is 4.47 Å². The molecular formula is C20H19BrOSi. The van der Waals surface area contributed by atoms with Gasteiger partial charge in [0.05, 0.1) is 6.61 Å². The maximum Gasteiger partial charge on any atom is 0.253 e. The van der Waals surface area contributed by atoms with Crippen LogP contribution in [-0.4, -0.2) is 8.32 Å². The Bertz CT molecular complexity index is 702. The van der Waals surface area contributed by atoms with Crippen molar-refractivity contribution in [3.05, 3.63) is 95.0 Å². The van der Waals surface area contributed by atoms with Crippen molar-refractivity contribution < 1.29 is 4.43 Å². The number of hydrogen-bond donors (Lipinski definition) is 0. The Morgan fingerprint density at radius 3 is 1.70 bits per heavy atom. The van der Waals surface area contributed by atoms with Gasteiger partial charge < -0.3 is 4.43 Å². The first-order chi connectivity index (χ1) is 11.2. The van der Waals surface area contributed by atoms with Crippen molar-refractivity contribution in [1.82, 2.24) is 0 Å². The van der Waals surface area contributed by atoms with Gasteiger partial charge in [0.1, 0.15) is 0 Å². The maximum absolute atomic E-state index is 6.55. The van der Waals surface area contributed by atoms with E-state index in [-0.39, 0.29) is 0 Å². The highest BCUT2D eigenvalue weighted by molar-refractivity contribution is 9.10. The van der Waals surface area contributed by atoms with Gasteiger partial charge in [0.25, 0.3) is 8.32 Å². The van der Waals surface area contributed by atoms with Crippen LogP contribution in [0.4, 0.5) is 0 Å². The third-order valence-electron chi connectivity index (χ3n) is 4.09. The quantitative estimate of drug-likeness (QED) is 0.595. The van der Waals surface area contributed by atoms with Gasteiger partial charge in [0.15, 0.2) is 0 Å². The molecule has 0 saturated heterocycles. The van der Waals surface area contributed by atoms with Crippen molar-refractivity contribution >= 4 is 34.6 Å². The van der Waals surface area contributed by atoms with E-state index in [0.717, 1.165) is 4.47 Å². The summed E-state index contributed by atoms with van der Waals surface area (Å²) in [5.41, 5.74) is 1.19. The van der Waals surface area contributed by atoms with Crippen LogP contribution < -0.4 is 10.4 Å². The van der Waals surface area contributed by atoms with E-state index in [4.69, 9.17) is 4.43 Å². The number of hydrogen-bond acceptors (Lipinski definition) is 1. The Morgan fingerprint density at radius 1 is 0.739 bits per heavy atom. The van der Waals surface area contributed by atoms with E-state index in [1.54, 1.807) is 0 Å². The van der Waals surface area contributed by atoms with Gasteiger partial charge in [-0.2, -0.15) is 0 Å². The minimum atomic E-state index is -2.21. The average molecular weight is 383 g/mol. The summed E-state index contributed by atoms with van der Waals surface area (Å²) in [5, 5.41) is 2.59. The fourth-order valence-corrected chi connectivity index (χ4v) is 5.70. The molecule has 0 heterocycles. The molecule has 0 N–H and O–H groups in total.